The smallest absolute Gasteiger partial charge is 1.00 e. The van der Waals surface area contributed by atoms with Crippen molar-refractivity contribution in [2.75, 3.05) is 25.6 Å². The van der Waals surface area contributed by atoms with Crippen molar-refractivity contribution in [3.63, 3.8) is 0 Å². The third kappa shape index (κ3) is 11.9. The first-order valence-corrected chi connectivity index (χ1v) is 14.9. The standard InChI is InChI=1S/C23H20O2P.C6H15P.BrH.Ni/c1-25-23(24)17-16-19-10-8-9-11-20(19)18-26(21-12-4-2-5-13-21)22-14-6-3-7-15-22;1-4-7(5-2)6-3;;/h2-16H,18H2,1H3;4-6H2,1-3H3;1H;/q;;;+2/p-1. The van der Waals surface area contributed by atoms with Crippen LogP contribution in [0.2, 0.25) is 0 Å². The van der Waals surface area contributed by atoms with Crippen molar-refractivity contribution in [1.82, 2.24) is 0 Å². The van der Waals surface area contributed by atoms with Crippen LogP contribution in [0.1, 0.15) is 31.9 Å². The minimum Gasteiger partial charge on any atom is -1.00 e. The maximum absolute atomic E-state index is 11.4. The molecule has 0 N–H and O–H groups in total. The Kier molecular flexibility index (Phi) is 19.0. The molecule has 0 aliphatic rings. The average Bonchev–Trinajstić information content (AvgIpc) is 2.89. The van der Waals surface area contributed by atoms with E-state index >= 15 is 0 Å². The van der Waals surface area contributed by atoms with Crippen LogP contribution in [0.15, 0.2) is 96.6 Å². The molecule has 3 aromatic carbocycles. The van der Waals surface area contributed by atoms with Gasteiger partial charge in [0.2, 0.25) is 0 Å². The quantitative estimate of drug-likeness (QED) is 0.152. The van der Waals surface area contributed by atoms with Crippen LogP contribution >= 0.6 is 15.8 Å². The van der Waals surface area contributed by atoms with Gasteiger partial charge < -0.3 is 21.7 Å². The van der Waals surface area contributed by atoms with Crippen LogP contribution in [0.25, 0.3) is 6.08 Å². The minimum atomic E-state index is -0.537. The summed E-state index contributed by atoms with van der Waals surface area (Å²) in [5.74, 6) is -0.465. The second-order valence-electron chi connectivity index (χ2n) is 7.36. The fourth-order valence-corrected chi connectivity index (χ4v) is 7.10. The fourth-order valence-electron chi connectivity index (χ4n) is 3.40. The molecule has 0 heterocycles. The average molecular weight is 616 g/mol. The number of benzene rings is 3. The van der Waals surface area contributed by atoms with Gasteiger partial charge >= 0.3 is 22.4 Å². The van der Waals surface area contributed by atoms with E-state index in [1.807, 2.05) is 30.3 Å². The summed E-state index contributed by atoms with van der Waals surface area (Å²) in [5.41, 5.74) is 4.86. The maximum Gasteiger partial charge on any atom is 2.00 e. The van der Waals surface area contributed by atoms with Gasteiger partial charge in [-0.25, -0.2) is 5.11 Å². The van der Waals surface area contributed by atoms with Crippen molar-refractivity contribution in [2.45, 2.75) is 26.9 Å². The summed E-state index contributed by atoms with van der Waals surface area (Å²) in [6.45, 7) is 6.87. The molecular weight excluding hydrogens is 581 g/mol. The molecule has 1 radical (unpaired) electrons. The topological polar surface area (TPSA) is 29.1 Å². The van der Waals surface area contributed by atoms with E-state index < -0.39 is 13.9 Å². The molecule has 0 spiro atoms. The zero-order chi connectivity index (χ0) is 23.9. The van der Waals surface area contributed by atoms with Gasteiger partial charge in [0.25, 0.3) is 0 Å². The summed E-state index contributed by atoms with van der Waals surface area (Å²) in [4.78, 5) is 0. The van der Waals surface area contributed by atoms with Gasteiger partial charge in [0.05, 0.1) is 7.11 Å². The van der Waals surface area contributed by atoms with E-state index in [0.717, 1.165) is 11.7 Å². The fraction of sp³-hybridized carbons (Fsp3) is 0.276. The van der Waals surface area contributed by atoms with E-state index in [0.29, 0.717) is 7.92 Å². The van der Waals surface area contributed by atoms with Gasteiger partial charge in [-0.3, -0.25) is 0 Å². The Balaban J connectivity index is 0.00000113. The molecule has 2 nitrogen and oxygen atoms in total. The second-order valence-corrected chi connectivity index (χ2v) is 12.8. The monoisotopic (exact) mass is 614 g/mol. The predicted octanol–water partition coefficient (Wildman–Crippen LogP) is 4.38. The maximum atomic E-state index is 11.4. The number of methoxy groups -OCH3 is 1. The van der Waals surface area contributed by atoms with Crippen molar-refractivity contribution in [3.8, 4) is 0 Å². The Morgan fingerprint density at radius 2 is 1.26 bits per heavy atom. The molecule has 0 aliphatic heterocycles. The van der Waals surface area contributed by atoms with Crippen LogP contribution in [-0.4, -0.2) is 25.6 Å². The summed E-state index contributed by atoms with van der Waals surface area (Å²) in [5, 5.41) is 14.1. The van der Waals surface area contributed by atoms with E-state index in [-0.39, 0.29) is 33.5 Å². The number of ether oxygens (including phenoxy) is 1. The van der Waals surface area contributed by atoms with Crippen molar-refractivity contribution < 1.29 is 43.3 Å². The molecule has 0 aromatic heterocycles. The summed E-state index contributed by atoms with van der Waals surface area (Å²) < 4.78 is 4.65. The molecule has 35 heavy (non-hydrogen) atoms. The Morgan fingerprint density at radius 3 is 1.69 bits per heavy atom. The van der Waals surface area contributed by atoms with E-state index in [1.54, 1.807) is 6.08 Å². The molecule has 6 heteroatoms. The van der Waals surface area contributed by atoms with Crippen molar-refractivity contribution in [3.05, 3.63) is 108 Å². The Morgan fingerprint density at radius 1 is 0.800 bits per heavy atom. The van der Waals surface area contributed by atoms with E-state index in [4.69, 9.17) is 0 Å². The number of rotatable bonds is 9. The predicted molar refractivity (Wildman–Crippen MR) is 147 cm³/mol. The van der Waals surface area contributed by atoms with Crippen LogP contribution < -0.4 is 27.6 Å². The summed E-state index contributed by atoms with van der Waals surface area (Å²) in [7, 11) is 1.27. The van der Waals surface area contributed by atoms with Crippen molar-refractivity contribution in [2.24, 2.45) is 0 Å². The number of hydrogen-bond acceptors (Lipinski definition) is 1. The first kappa shape index (κ1) is 33.6. The molecule has 0 atom stereocenters. The molecule has 0 saturated carbocycles. The van der Waals surface area contributed by atoms with Gasteiger partial charge in [-0.05, 0) is 60.0 Å². The Bertz CT molecular complexity index is 960. The third-order valence-corrected chi connectivity index (χ3v) is 10.6. The van der Waals surface area contributed by atoms with E-state index in [9.17, 15) is 5.11 Å². The first-order valence-electron chi connectivity index (χ1n) is 11.5. The van der Waals surface area contributed by atoms with E-state index in [1.165, 1.54) is 41.8 Å². The van der Waals surface area contributed by atoms with Crippen molar-refractivity contribution >= 4 is 32.5 Å². The third-order valence-electron chi connectivity index (χ3n) is 5.39. The van der Waals surface area contributed by atoms with Crippen molar-refractivity contribution in [1.29, 1.82) is 0 Å². The molecule has 0 amide bonds. The largest absolute Gasteiger partial charge is 2.00 e. The first-order chi connectivity index (χ1) is 16.1. The van der Waals surface area contributed by atoms with Gasteiger partial charge in [0.15, 0.2) is 0 Å². The van der Waals surface area contributed by atoms with Crippen LogP contribution in [0.5, 0.6) is 0 Å². The van der Waals surface area contributed by atoms with E-state index in [2.05, 4.69) is 85.8 Å². The molecule has 3 rings (SSSR count). The number of halogens is 1. The summed E-state index contributed by atoms with van der Waals surface area (Å²) >= 11 is 0. The molecule has 3 aromatic rings. The van der Waals surface area contributed by atoms with Crippen LogP contribution in [0, 0.1) is 0 Å². The minimum absolute atomic E-state index is 0. The van der Waals surface area contributed by atoms with Gasteiger partial charge in [-0.2, -0.15) is 0 Å². The zero-order valence-electron chi connectivity index (χ0n) is 20.9. The molecule has 0 aliphatic carbocycles. The van der Waals surface area contributed by atoms with Crippen LogP contribution in [0.3, 0.4) is 0 Å². The summed E-state index contributed by atoms with van der Waals surface area (Å²) in [6, 6.07) is 29.3. The van der Waals surface area contributed by atoms with Gasteiger partial charge in [0, 0.05) is 6.16 Å². The van der Waals surface area contributed by atoms with Crippen LogP contribution in [-0.2, 0) is 32.5 Å². The van der Waals surface area contributed by atoms with Gasteiger partial charge in [-0.1, -0.05) is 106 Å². The second kappa shape index (κ2) is 19.8. The summed E-state index contributed by atoms with van der Waals surface area (Å²) in [6.07, 6.45) is 6.87. The molecule has 0 bridgehead atoms. The molecule has 0 fully saturated rings. The Labute approximate surface area is 235 Å². The van der Waals surface area contributed by atoms with Crippen LogP contribution in [0.4, 0.5) is 0 Å². The molecular formula is C29H35BrNiO2P2+. The number of hydrogen-bond donors (Lipinski definition) is 0. The van der Waals surface area contributed by atoms with Gasteiger partial charge in [0.1, 0.15) is 0 Å². The molecule has 0 saturated heterocycles. The SMILES string of the molecule is CCP(CC)CC.COC([O])=C=Cc1ccccc1CP(c1ccccc1)c1ccccc1.[Br-].[Ni+2]. The Hall–Kier alpha value is -1.39. The molecule has 189 valence electrons. The normalized spacial score (nSPS) is 9.66. The zero-order valence-corrected chi connectivity index (χ0v) is 25.3. The molecule has 0 unspecified atom stereocenters. The van der Waals surface area contributed by atoms with Gasteiger partial charge in [-0.15, -0.1) is 7.92 Å².